The molecule has 0 unspecified atom stereocenters. The van der Waals surface area contributed by atoms with Crippen LogP contribution in [-0.2, 0) is 0 Å². The molecule has 2 heteroatoms. The van der Waals surface area contributed by atoms with E-state index in [1.54, 1.807) is 0 Å². The average Bonchev–Trinajstić information content (AvgIpc) is 2.51. The normalized spacial score (nSPS) is 17.6. The van der Waals surface area contributed by atoms with Crippen molar-refractivity contribution in [2.45, 2.75) is 32.6 Å². The standard InChI is InChI=1S/C19H22O2/c1-3-6-14(12-20)19-15-7-4-5-8-17(15)21-18-10-9-13(2)11-16(18)19/h4-5,7-11,14,19-20H,3,6,12H2,1-2H3/t14-,19+/m0/s1. The zero-order valence-corrected chi connectivity index (χ0v) is 12.7. The van der Waals surface area contributed by atoms with E-state index in [0.717, 1.165) is 24.3 Å². The van der Waals surface area contributed by atoms with Gasteiger partial charge in [0, 0.05) is 23.7 Å². The van der Waals surface area contributed by atoms with Crippen LogP contribution in [0.15, 0.2) is 42.5 Å². The number of benzene rings is 2. The van der Waals surface area contributed by atoms with Gasteiger partial charge in [0.1, 0.15) is 11.5 Å². The average molecular weight is 282 g/mol. The maximum atomic E-state index is 9.89. The van der Waals surface area contributed by atoms with Gasteiger partial charge in [0.15, 0.2) is 0 Å². The van der Waals surface area contributed by atoms with Crippen molar-refractivity contribution in [3.63, 3.8) is 0 Å². The zero-order chi connectivity index (χ0) is 14.8. The van der Waals surface area contributed by atoms with Crippen molar-refractivity contribution in [1.29, 1.82) is 0 Å². The van der Waals surface area contributed by atoms with Crippen molar-refractivity contribution in [2.24, 2.45) is 5.92 Å². The molecule has 0 bridgehead atoms. The summed E-state index contributed by atoms with van der Waals surface area (Å²) < 4.78 is 6.05. The molecule has 1 aliphatic rings. The lowest BCUT2D eigenvalue weighted by molar-refractivity contribution is 0.200. The highest BCUT2D eigenvalue weighted by Crippen LogP contribution is 2.48. The Hall–Kier alpha value is -1.80. The van der Waals surface area contributed by atoms with Crippen molar-refractivity contribution in [1.82, 2.24) is 0 Å². The maximum Gasteiger partial charge on any atom is 0.131 e. The Balaban J connectivity index is 2.14. The van der Waals surface area contributed by atoms with Crippen molar-refractivity contribution in [3.8, 4) is 11.5 Å². The third-order valence-electron chi connectivity index (χ3n) is 4.34. The molecule has 0 aliphatic carbocycles. The summed E-state index contributed by atoms with van der Waals surface area (Å²) in [6.45, 7) is 4.48. The first-order valence-electron chi connectivity index (χ1n) is 7.72. The van der Waals surface area contributed by atoms with Gasteiger partial charge >= 0.3 is 0 Å². The maximum absolute atomic E-state index is 9.89. The molecule has 0 saturated carbocycles. The molecule has 2 aromatic carbocycles. The molecule has 1 aliphatic heterocycles. The number of para-hydroxylation sites is 1. The van der Waals surface area contributed by atoms with E-state index in [1.165, 1.54) is 16.7 Å². The first-order chi connectivity index (χ1) is 10.2. The van der Waals surface area contributed by atoms with Crippen LogP contribution in [0.25, 0.3) is 0 Å². The van der Waals surface area contributed by atoms with Gasteiger partial charge < -0.3 is 9.84 Å². The second-order valence-electron chi connectivity index (χ2n) is 5.89. The van der Waals surface area contributed by atoms with Crippen LogP contribution in [0.1, 0.15) is 42.4 Å². The van der Waals surface area contributed by atoms with E-state index >= 15 is 0 Å². The minimum absolute atomic E-state index is 0.209. The van der Waals surface area contributed by atoms with E-state index in [-0.39, 0.29) is 18.4 Å². The first-order valence-corrected chi connectivity index (χ1v) is 7.72. The van der Waals surface area contributed by atoms with Gasteiger partial charge in [-0.1, -0.05) is 49.2 Å². The van der Waals surface area contributed by atoms with Crippen molar-refractivity contribution in [2.75, 3.05) is 6.61 Å². The van der Waals surface area contributed by atoms with Crippen molar-refractivity contribution < 1.29 is 9.84 Å². The Morgan fingerprint density at radius 3 is 2.62 bits per heavy atom. The highest BCUT2D eigenvalue weighted by molar-refractivity contribution is 5.54. The lowest BCUT2D eigenvalue weighted by atomic mass is 9.77. The van der Waals surface area contributed by atoms with E-state index in [2.05, 4.69) is 38.1 Å². The fourth-order valence-corrected chi connectivity index (χ4v) is 3.36. The largest absolute Gasteiger partial charge is 0.457 e. The number of fused-ring (bicyclic) bond motifs is 2. The molecular formula is C19H22O2. The van der Waals surface area contributed by atoms with E-state index in [4.69, 9.17) is 4.74 Å². The van der Waals surface area contributed by atoms with Gasteiger partial charge in [-0.25, -0.2) is 0 Å². The number of hydrogen-bond donors (Lipinski definition) is 1. The molecule has 1 heterocycles. The molecule has 0 radical (unpaired) electrons. The van der Waals surface area contributed by atoms with Gasteiger partial charge in [-0.2, -0.15) is 0 Å². The van der Waals surface area contributed by atoms with Crippen LogP contribution >= 0.6 is 0 Å². The second kappa shape index (κ2) is 5.90. The molecule has 0 aromatic heterocycles. The fourth-order valence-electron chi connectivity index (χ4n) is 3.36. The van der Waals surface area contributed by atoms with Crippen LogP contribution in [0, 0.1) is 12.8 Å². The summed E-state index contributed by atoms with van der Waals surface area (Å²) in [7, 11) is 0. The monoisotopic (exact) mass is 282 g/mol. The number of ether oxygens (including phenoxy) is 1. The van der Waals surface area contributed by atoms with Gasteiger partial charge in [-0.05, 0) is 31.4 Å². The van der Waals surface area contributed by atoms with Crippen LogP contribution in [0.4, 0.5) is 0 Å². The molecule has 110 valence electrons. The minimum Gasteiger partial charge on any atom is -0.457 e. The first kappa shape index (κ1) is 14.2. The third-order valence-corrected chi connectivity index (χ3v) is 4.34. The van der Waals surface area contributed by atoms with Crippen LogP contribution < -0.4 is 4.74 Å². The van der Waals surface area contributed by atoms with E-state index < -0.39 is 0 Å². The predicted octanol–water partition coefficient (Wildman–Crippen LogP) is 4.64. The molecule has 2 aromatic rings. The van der Waals surface area contributed by atoms with Crippen molar-refractivity contribution in [3.05, 3.63) is 59.2 Å². The Labute approximate surface area is 126 Å². The highest BCUT2D eigenvalue weighted by atomic mass is 16.5. The van der Waals surface area contributed by atoms with Crippen molar-refractivity contribution >= 4 is 0 Å². The van der Waals surface area contributed by atoms with Gasteiger partial charge in [0.05, 0.1) is 0 Å². The number of aliphatic hydroxyl groups excluding tert-OH is 1. The summed E-state index contributed by atoms with van der Waals surface area (Å²) in [5, 5.41) is 9.89. The summed E-state index contributed by atoms with van der Waals surface area (Å²) in [6, 6.07) is 14.5. The second-order valence-corrected chi connectivity index (χ2v) is 5.89. The molecule has 1 N–H and O–H groups in total. The zero-order valence-electron chi connectivity index (χ0n) is 12.7. The number of aliphatic hydroxyl groups is 1. The van der Waals surface area contributed by atoms with Crippen LogP contribution in [-0.4, -0.2) is 11.7 Å². The van der Waals surface area contributed by atoms with Crippen LogP contribution in [0.2, 0.25) is 0 Å². The van der Waals surface area contributed by atoms with Gasteiger partial charge in [-0.15, -0.1) is 0 Å². The Morgan fingerprint density at radius 1 is 1.10 bits per heavy atom. The summed E-state index contributed by atoms with van der Waals surface area (Å²) in [4.78, 5) is 0. The quantitative estimate of drug-likeness (QED) is 0.885. The lowest BCUT2D eigenvalue weighted by Gasteiger charge is -2.33. The van der Waals surface area contributed by atoms with E-state index in [9.17, 15) is 5.11 Å². The summed E-state index contributed by atoms with van der Waals surface area (Å²) in [6.07, 6.45) is 2.09. The minimum atomic E-state index is 0.209. The molecule has 2 nitrogen and oxygen atoms in total. The summed E-state index contributed by atoms with van der Waals surface area (Å²) in [5.74, 6) is 2.31. The number of rotatable bonds is 4. The predicted molar refractivity (Wildman–Crippen MR) is 85.0 cm³/mol. The van der Waals surface area contributed by atoms with E-state index in [0.29, 0.717) is 0 Å². The fraction of sp³-hybridized carbons (Fsp3) is 0.368. The molecular weight excluding hydrogens is 260 g/mol. The Bertz CT molecular complexity index is 633. The Kier molecular flexibility index (Phi) is 3.98. The topological polar surface area (TPSA) is 29.5 Å². The molecule has 2 atom stereocenters. The van der Waals surface area contributed by atoms with Crippen LogP contribution in [0.5, 0.6) is 11.5 Å². The lowest BCUT2D eigenvalue weighted by Crippen LogP contribution is -2.22. The Morgan fingerprint density at radius 2 is 1.86 bits per heavy atom. The molecule has 3 rings (SSSR count). The smallest absolute Gasteiger partial charge is 0.131 e. The third kappa shape index (κ3) is 2.56. The molecule has 0 saturated heterocycles. The number of hydrogen-bond acceptors (Lipinski definition) is 2. The highest BCUT2D eigenvalue weighted by Gasteiger charge is 2.32. The van der Waals surface area contributed by atoms with Gasteiger partial charge in [0.25, 0.3) is 0 Å². The SMILES string of the molecule is CCC[C@@H](CO)[C@@H]1c2ccccc2Oc2ccc(C)cc21. The number of aryl methyl sites for hydroxylation is 1. The summed E-state index contributed by atoms with van der Waals surface area (Å²) >= 11 is 0. The van der Waals surface area contributed by atoms with Gasteiger partial charge in [-0.3, -0.25) is 0 Å². The van der Waals surface area contributed by atoms with Crippen LogP contribution in [0.3, 0.4) is 0 Å². The van der Waals surface area contributed by atoms with Gasteiger partial charge in [0.2, 0.25) is 0 Å². The summed E-state index contributed by atoms with van der Waals surface area (Å²) in [5.41, 5.74) is 3.64. The van der Waals surface area contributed by atoms with E-state index in [1.807, 2.05) is 18.2 Å². The molecule has 0 spiro atoms. The molecule has 0 fully saturated rings. The molecule has 0 amide bonds. The molecule has 21 heavy (non-hydrogen) atoms.